The molecule has 0 spiro atoms. The van der Waals surface area contributed by atoms with Gasteiger partial charge in [-0.3, -0.25) is 0 Å². The lowest BCUT2D eigenvalue weighted by Crippen LogP contribution is -2.45. The number of aromatic nitrogens is 1. The van der Waals surface area contributed by atoms with Crippen LogP contribution in [0.5, 0.6) is 0 Å². The highest BCUT2D eigenvalue weighted by atomic mass is 16.3. The minimum Gasteiger partial charge on any atom is -0.394 e. The van der Waals surface area contributed by atoms with Crippen LogP contribution in [0.15, 0.2) is 18.5 Å². The van der Waals surface area contributed by atoms with Crippen molar-refractivity contribution in [2.24, 2.45) is 0 Å². The van der Waals surface area contributed by atoms with Crippen LogP contribution >= 0.6 is 0 Å². The molecule has 0 atom stereocenters. The molecule has 1 aliphatic carbocycles. The minimum atomic E-state index is -0.00271. The summed E-state index contributed by atoms with van der Waals surface area (Å²) < 4.78 is 0. The molecule has 0 radical (unpaired) electrons. The van der Waals surface area contributed by atoms with Gasteiger partial charge in [0.2, 0.25) is 0 Å². The van der Waals surface area contributed by atoms with Gasteiger partial charge in [-0.2, -0.15) is 0 Å². The smallest absolute Gasteiger partial charge is 0.0613 e. The molecule has 0 amide bonds. The number of hydrogen-bond donors (Lipinski definition) is 3. The van der Waals surface area contributed by atoms with Crippen LogP contribution in [0.3, 0.4) is 0 Å². The summed E-state index contributed by atoms with van der Waals surface area (Å²) in [4.78, 5) is 3.03. The molecule has 0 aromatic carbocycles. The maximum Gasteiger partial charge on any atom is 0.0613 e. The van der Waals surface area contributed by atoms with Crippen molar-refractivity contribution >= 4 is 0 Å². The Hall–Kier alpha value is -0.800. The number of rotatable bonds is 4. The van der Waals surface area contributed by atoms with Crippen molar-refractivity contribution in [1.29, 1.82) is 0 Å². The largest absolute Gasteiger partial charge is 0.394 e. The molecule has 1 saturated carbocycles. The summed E-state index contributed by atoms with van der Waals surface area (Å²) in [5.74, 6) is 0. The van der Waals surface area contributed by atoms with Crippen molar-refractivity contribution < 1.29 is 5.11 Å². The first kappa shape index (κ1) is 9.74. The van der Waals surface area contributed by atoms with E-state index in [9.17, 15) is 5.11 Å². The fourth-order valence-electron chi connectivity index (χ4n) is 2.20. The third kappa shape index (κ3) is 1.99. The minimum absolute atomic E-state index is 0.00271. The molecule has 14 heavy (non-hydrogen) atoms. The quantitative estimate of drug-likeness (QED) is 0.678. The second kappa shape index (κ2) is 4.15. The van der Waals surface area contributed by atoms with E-state index in [2.05, 4.69) is 16.4 Å². The number of aromatic amines is 1. The summed E-state index contributed by atoms with van der Waals surface area (Å²) in [6.07, 6.45) is 8.60. The van der Waals surface area contributed by atoms with Gasteiger partial charge in [-0.15, -0.1) is 0 Å². The molecule has 1 fully saturated rings. The average molecular weight is 194 g/mol. The maximum atomic E-state index is 9.37. The lowest BCUT2D eigenvalue weighted by Gasteiger charge is -2.27. The molecule has 0 aliphatic heterocycles. The summed E-state index contributed by atoms with van der Waals surface area (Å²) in [5, 5.41) is 12.9. The van der Waals surface area contributed by atoms with Gasteiger partial charge in [0, 0.05) is 24.5 Å². The van der Waals surface area contributed by atoms with E-state index in [0.29, 0.717) is 0 Å². The fraction of sp³-hybridized carbons (Fsp3) is 0.636. The fourth-order valence-corrected chi connectivity index (χ4v) is 2.20. The Bertz CT molecular complexity index is 263. The summed E-state index contributed by atoms with van der Waals surface area (Å²) in [6, 6.07) is 2.06. The number of aliphatic hydroxyl groups is 1. The Morgan fingerprint density at radius 1 is 1.43 bits per heavy atom. The third-order valence-electron chi connectivity index (χ3n) is 3.19. The van der Waals surface area contributed by atoms with E-state index in [1.54, 1.807) is 0 Å². The molecule has 1 aliphatic rings. The van der Waals surface area contributed by atoms with E-state index in [1.165, 1.54) is 18.4 Å². The van der Waals surface area contributed by atoms with Crippen molar-refractivity contribution in [3.8, 4) is 0 Å². The Morgan fingerprint density at radius 2 is 2.21 bits per heavy atom. The van der Waals surface area contributed by atoms with Crippen LogP contribution in [-0.4, -0.2) is 22.2 Å². The Labute approximate surface area is 84.5 Å². The first-order valence-corrected chi connectivity index (χ1v) is 5.32. The van der Waals surface area contributed by atoms with Crippen LogP contribution in [0.2, 0.25) is 0 Å². The van der Waals surface area contributed by atoms with Crippen LogP contribution in [0, 0.1) is 0 Å². The normalized spacial score (nSPS) is 20.1. The second-order valence-electron chi connectivity index (χ2n) is 4.22. The number of aliphatic hydroxyl groups excluding tert-OH is 1. The topological polar surface area (TPSA) is 48.0 Å². The summed E-state index contributed by atoms with van der Waals surface area (Å²) in [6.45, 7) is 1.11. The molecule has 2 rings (SSSR count). The van der Waals surface area contributed by atoms with Gasteiger partial charge in [0.25, 0.3) is 0 Å². The van der Waals surface area contributed by atoms with Crippen molar-refractivity contribution in [2.75, 3.05) is 6.61 Å². The maximum absolute atomic E-state index is 9.37. The molecule has 0 bridgehead atoms. The zero-order valence-electron chi connectivity index (χ0n) is 8.42. The van der Waals surface area contributed by atoms with E-state index >= 15 is 0 Å². The molecule has 0 saturated heterocycles. The molecule has 3 heteroatoms. The highest BCUT2D eigenvalue weighted by molar-refractivity contribution is 5.09. The molecular formula is C11H18N2O. The third-order valence-corrected chi connectivity index (χ3v) is 3.19. The molecule has 1 aromatic heterocycles. The Kier molecular flexibility index (Phi) is 2.89. The molecule has 1 aromatic rings. The Balaban J connectivity index is 1.89. The number of nitrogens with one attached hydrogen (secondary N) is 2. The summed E-state index contributed by atoms with van der Waals surface area (Å²) in [7, 11) is 0. The lowest BCUT2D eigenvalue weighted by molar-refractivity contribution is 0.163. The van der Waals surface area contributed by atoms with E-state index in [4.69, 9.17) is 0 Å². The van der Waals surface area contributed by atoms with Gasteiger partial charge in [0.15, 0.2) is 0 Å². The second-order valence-corrected chi connectivity index (χ2v) is 4.22. The van der Waals surface area contributed by atoms with Gasteiger partial charge in [0.05, 0.1) is 6.61 Å². The first-order chi connectivity index (χ1) is 6.85. The monoisotopic (exact) mass is 194 g/mol. The van der Waals surface area contributed by atoms with E-state index in [1.807, 2.05) is 12.4 Å². The lowest BCUT2D eigenvalue weighted by atomic mass is 9.99. The van der Waals surface area contributed by atoms with Crippen LogP contribution in [0.4, 0.5) is 0 Å². The van der Waals surface area contributed by atoms with Gasteiger partial charge in [-0.25, -0.2) is 0 Å². The highest BCUT2D eigenvalue weighted by Gasteiger charge is 2.32. The first-order valence-electron chi connectivity index (χ1n) is 5.32. The highest BCUT2D eigenvalue weighted by Crippen LogP contribution is 2.29. The average Bonchev–Trinajstić information content (AvgIpc) is 2.87. The molecule has 3 N–H and O–H groups in total. The van der Waals surface area contributed by atoms with E-state index in [-0.39, 0.29) is 12.1 Å². The molecule has 1 heterocycles. The molecule has 0 unspecified atom stereocenters. The summed E-state index contributed by atoms with van der Waals surface area (Å²) >= 11 is 0. The van der Waals surface area contributed by atoms with Crippen LogP contribution < -0.4 is 5.32 Å². The van der Waals surface area contributed by atoms with Crippen molar-refractivity contribution in [2.45, 2.75) is 37.8 Å². The standard InChI is InChI=1S/C11H18N2O/c14-9-11(4-1-2-5-11)13-8-10-3-6-12-7-10/h3,6-7,12-14H,1-2,4-5,8-9H2. The number of H-pyrrole nitrogens is 1. The predicted molar refractivity (Wildman–Crippen MR) is 55.9 cm³/mol. The Morgan fingerprint density at radius 3 is 2.79 bits per heavy atom. The van der Waals surface area contributed by atoms with Crippen molar-refractivity contribution in [1.82, 2.24) is 10.3 Å². The molecule has 3 nitrogen and oxygen atoms in total. The van der Waals surface area contributed by atoms with Crippen LogP contribution in [0.25, 0.3) is 0 Å². The van der Waals surface area contributed by atoms with Gasteiger partial charge in [-0.1, -0.05) is 12.8 Å². The van der Waals surface area contributed by atoms with Gasteiger partial charge in [0.1, 0.15) is 0 Å². The van der Waals surface area contributed by atoms with Gasteiger partial charge in [-0.05, 0) is 24.5 Å². The summed E-state index contributed by atoms with van der Waals surface area (Å²) in [5.41, 5.74) is 1.25. The van der Waals surface area contributed by atoms with E-state index < -0.39 is 0 Å². The van der Waals surface area contributed by atoms with Gasteiger partial charge >= 0.3 is 0 Å². The van der Waals surface area contributed by atoms with E-state index in [0.717, 1.165) is 19.4 Å². The molecular weight excluding hydrogens is 176 g/mol. The molecule has 78 valence electrons. The van der Waals surface area contributed by atoms with Gasteiger partial charge < -0.3 is 15.4 Å². The van der Waals surface area contributed by atoms with Crippen LogP contribution in [0.1, 0.15) is 31.2 Å². The zero-order valence-corrected chi connectivity index (χ0v) is 8.42. The predicted octanol–water partition coefficient (Wildman–Crippen LogP) is 1.41. The number of hydrogen-bond acceptors (Lipinski definition) is 2. The zero-order chi connectivity index (χ0) is 9.86. The van der Waals surface area contributed by atoms with Crippen LogP contribution in [-0.2, 0) is 6.54 Å². The van der Waals surface area contributed by atoms with Crippen molar-refractivity contribution in [3.63, 3.8) is 0 Å². The SMILES string of the molecule is OCC1(NCc2cc[nH]c2)CCCC1. The van der Waals surface area contributed by atoms with Crippen molar-refractivity contribution in [3.05, 3.63) is 24.0 Å².